The van der Waals surface area contributed by atoms with Crippen LogP contribution in [-0.2, 0) is 0 Å². The second-order valence-electron chi connectivity index (χ2n) is 1.16. The van der Waals surface area contributed by atoms with Crippen molar-refractivity contribution < 1.29 is 31.1 Å². The van der Waals surface area contributed by atoms with Crippen molar-refractivity contribution in [3.8, 4) is 0 Å². The van der Waals surface area contributed by atoms with E-state index >= 15 is 0 Å². The van der Waals surface area contributed by atoms with Gasteiger partial charge in [0.25, 0.3) is 0 Å². The molecule has 1 aliphatic heterocycles. The van der Waals surface area contributed by atoms with Gasteiger partial charge in [-0.1, -0.05) is 32.0 Å². The van der Waals surface area contributed by atoms with Crippen LogP contribution >= 0.6 is 0 Å². The Morgan fingerprint density at radius 2 is 2.11 bits per heavy atom. The molecule has 0 aromatic carbocycles. The van der Waals surface area contributed by atoms with Gasteiger partial charge in [0.2, 0.25) is 0 Å². The molecule has 1 rings (SSSR count). The van der Waals surface area contributed by atoms with Crippen molar-refractivity contribution in [2.75, 3.05) is 0 Å². The van der Waals surface area contributed by atoms with Crippen molar-refractivity contribution in [3.63, 3.8) is 0 Å². The summed E-state index contributed by atoms with van der Waals surface area (Å²) in [6, 6.07) is 0. The van der Waals surface area contributed by atoms with E-state index in [0.717, 1.165) is 6.42 Å². The zero-order chi connectivity index (χ0) is 6.41. The van der Waals surface area contributed by atoms with Crippen LogP contribution < -0.4 is 0 Å². The average Bonchev–Trinajstić information content (AvgIpc) is 2.24. The molecule has 0 aliphatic carbocycles. The molecule has 0 radical (unpaired) electrons. The van der Waals surface area contributed by atoms with Crippen molar-refractivity contribution in [3.05, 3.63) is 18.0 Å². The van der Waals surface area contributed by atoms with Crippen LogP contribution in [0.15, 0.2) is 17.3 Å². The van der Waals surface area contributed by atoms with Gasteiger partial charge in [-0.3, -0.25) is 0 Å². The molecule has 0 aromatic heterocycles. The van der Waals surface area contributed by atoms with Crippen molar-refractivity contribution in [1.29, 1.82) is 0 Å². The van der Waals surface area contributed by atoms with Crippen molar-refractivity contribution in [1.82, 2.24) is 0 Å². The van der Waals surface area contributed by atoms with E-state index in [1.54, 1.807) is 6.20 Å². The third-order valence-electron chi connectivity index (χ3n) is 0.647. The second-order valence-corrected chi connectivity index (χ2v) is 1.16. The second kappa shape index (κ2) is 8.26. The van der Waals surface area contributed by atoms with Gasteiger partial charge < -0.3 is 10.7 Å². The van der Waals surface area contributed by atoms with Gasteiger partial charge in [0.1, 0.15) is 0 Å². The Hall–Kier alpha value is 0.262. The molecule has 0 fully saturated rings. The molecule has 50 valence electrons. The Labute approximate surface area is 80.0 Å². The maximum atomic E-state index is 6.82. The summed E-state index contributed by atoms with van der Waals surface area (Å²) in [6.45, 7) is 4.00. The van der Waals surface area contributed by atoms with Gasteiger partial charge in [-0.15, -0.1) is 0 Å². The summed E-state index contributed by atoms with van der Waals surface area (Å²) in [5, 5.41) is 0. The zero-order valence-corrected chi connectivity index (χ0v) is 9.97. The van der Waals surface area contributed by atoms with Crippen LogP contribution in [0.2, 0.25) is 0 Å². The molecule has 0 saturated heterocycles. The Balaban J connectivity index is 0. The van der Waals surface area contributed by atoms with Crippen LogP contribution in [0.3, 0.4) is 0 Å². The monoisotopic (exact) mass is 349 g/mol. The van der Waals surface area contributed by atoms with Gasteiger partial charge >= 0.3 is 0 Å². The standard InChI is InChI=1S/C4H5N2.C2H6.U/c5-4-2-1-3-6-4;1-2;/h1,3H,2H2,(H-,5,6);1-2H3;/q-1;;. The topological polar surface area (TPSA) is 36.2 Å². The molecule has 0 aromatic rings. The van der Waals surface area contributed by atoms with Crippen LogP contribution in [0.4, 0.5) is 0 Å². The molecule has 9 heavy (non-hydrogen) atoms. The quantitative estimate of drug-likeness (QED) is 0.644. The molecule has 1 aliphatic rings. The Bertz CT molecular complexity index is 108. The Morgan fingerprint density at radius 1 is 1.56 bits per heavy atom. The van der Waals surface area contributed by atoms with E-state index in [0.29, 0.717) is 5.84 Å². The van der Waals surface area contributed by atoms with Crippen LogP contribution in [0.1, 0.15) is 20.3 Å². The fourth-order valence-electron chi connectivity index (χ4n) is 0.360. The van der Waals surface area contributed by atoms with Gasteiger partial charge in [-0.2, -0.15) is 0 Å². The summed E-state index contributed by atoms with van der Waals surface area (Å²) in [5.74, 6) is 0.468. The maximum absolute atomic E-state index is 6.82. The SMILES string of the molecule is CC.[NH-]C1=NC=CC1.[U]. The number of nitrogens with one attached hydrogen (secondary N) is 1. The van der Waals surface area contributed by atoms with Crippen LogP contribution in [-0.4, -0.2) is 5.84 Å². The maximum Gasteiger partial charge on any atom is 0 e. The molecule has 2 nitrogen and oxygen atoms in total. The first-order chi connectivity index (χ1) is 3.89. The van der Waals surface area contributed by atoms with E-state index in [2.05, 4.69) is 4.99 Å². The van der Waals surface area contributed by atoms with Gasteiger partial charge in [-0.05, 0) is 6.42 Å². The van der Waals surface area contributed by atoms with Gasteiger partial charge in [0.05, 0.1) is 0 Å². The molecule has 1 heterocycles. The van der Waals surface area contributed by atoms with E-state index in [1.165, 1.54) is 0 Å². The number of aliphatic imine (C=N–C) groups is 1. The largest absolute Gasteiger partial charge is 0.485 e. The average molecular weight is 349 g/mol. The van der Waals surface area contributed by atoms with Crippen LogP contribution in [0, 0.1) is 31.1 Å². The summed E-state index contributed by atoms with van der Waals surface area (Å²) in [7, 11) is 0. The molecule has 3 heteroatoms. The number of hydrogen-bond acceptors (Lipinski definition) is 1. The normalized spacial score (nSPS) is 12.9. The molecular weight excluding hydrogens is 338 g/mol. The molecular formula is C6H11N2U-. The minimum atomic E-state index is 0. The molecule has 0 atom stereocenters. The molecule has 0 saturated carbocycles. The smallest absolute Gasteiger partial charge is 0 e. The van der Waals surface area contributed by atoms with Crippen molar-refractivity contribution in [2.24, 2.45) is 4.99 Å². The van der Waals surface area contributed by atoms with Crippen molar-refractivity contribution >= 4 is 5.84 Å². The number of nitrogens with zero attached hydrogens (tertiary/aromatic N) is 1. The summed E-state index contributed by atoms with van der Waals surface area (Å²) in [5.41, 5.74) is 6.82. The van der Waals surface area contributed by atoms with Crippen molar-refractivity contribution in [2.45, 2.75) is 20.3 Å². The Kier molecular flexibility index (Phi) is 11.0. The number of hydrogen-bond donors (Lipinski definition) is 0. The predicted octanol–water partition coefficient (Wildman–Crippen LogP) is 2.38. The third kappa shape index (κ3) is 6.14. The van der Waals surface area contributed by atoms with E-state index < -0.39 is 0 Å². The number of rotatable bonds is 0. The molecule has 0 bridgehead atoms. The van der Waals surface area contributed by atoms with E-state index in [9.17, 15) is 0 Å². The fourth-order valence-corrected chi connectivity index (χ4v) is 0.360. The first-order valence-electron chi connectivity index (χ1n) is 2.83. The number of amidine groups is 1. The third-order valence-corrected chi connectivity index (χ3v) is 0.647. The molecule has 0 unspecified atom stereocenters. The minimum absolute atomic E-state index is 0. The van der Waals surface area contributed by atoms with E-state index in [-0.39, 0.29) is 31.1 Å². The summed E-state index contributed by atoms with van der Waals surface area (Å²) in [6.07, 6.45) is 4.24. The van der Waals surface area contributed by atoms with Crippen LogP contribution in [0.25, 0.3) is 5.73 Å². The summed E-state index contributed by atoms with van der Waals surface area (Å²) in [4.78, 5) is 3.64. The predicted molar refractivity (Wildman–Crippen MR) is 36.9 cm³/mol. The summed E-state index contributed by atoms with van der Waals surface area (Å²) >= 11 is 0. The molecule has 0 amide bonds. The van der Waals surface area contributed by atoms with Gasteiger partial charge in [0.15, 0.2) is 0 Å². The van der Waals surface area contributed by atoms with Gasteiger partial charge in [0, 0.05) is 31.1 Å². The Morgan fingerprint density at radius 3 is 2.22 bits per heavy atom. The fraction of sp³-hybridized carbons (Fsp3) is 0.500. The zero-order valence-electron chi connectivity index (χ0n) is 5.81. The van der Waals surface area contributed by atoms with Crippen LogP contribution in [0.5, 0.6) is 0 Å². The van der Waals surface area contributed by atoms with Gasteiger partial charge in [-0.25, -0.2) is 0 Å². The first-order valence-corrected chi connectivity index (χ1v) is 2.83. The first kappa shape index (κ1) is 12.0. The minimum Gasteiger partial charge on any atom is -0.485 e. The molecule has 1 N–H and O–H groups in total. The summed E-state index contributed by atoms with van der Waals surface area (Å²) < 4.78 is 0. The van der Waals surface area contributed by atoms with E-state index in [1.807, 2.05) is 19.9 Å². The molecule has 0 spiro atoms. The van der Waals surface area contributed by atoms with E-state index in [4.69, 9.17) is 5.73 Å².